The Labute approximate surface area is 129 Å². The van der Waals surface area contributed by atoms with Crippen LogP contribution in [0.1, 0.15) is 18.9 Å². The van der Waals surface area contributed by atoms with Gasteiger partial charge in [0.15, 0.2) is 6.10 Å². The lowest BCUT2D eigenvalue weighted by Gasteiger charge is -2.17. The van der Waals surface area contributed by atoms with Gasteiger partial charge in [-0.25, -0.2) is 0 Å². The molecule has 0 spiro atoms. The predicted molar refractivity (Wildman–Crippen MR) is 84.4 cm³/mol. The highest BCUT2D eigenvalue weighted by molar-refractivity contribution is 6.31. The molecular formula is C17H18ClNO2. The van der Waals surface area contributed by atoms with Crippen molar-refractivity contribution in [2.24, 2.45) is 0 Å². The van der Waals surface area contributed by atoms with Gasteiger partial charge in [-0.1, -0.05) is 54.9 Å². The van der Waals surface area contributed by atoms with Gasteiger partial charge >= 0.3 is 0 Å². The van der Waals surface area contributed by atoms with Gasteiger partial charge in [-0.05, 0) is 30.2 Å². The van der Waals surface area contributed by atoms with Crippen molar-refractivity contribution in [3.8, 4) is 5.75 Å². The molecule has 0 aliphatic carbocycles. The lowest BCUT2D eigenvalue weighted by atomic mass is 10.2. The molecule has 2 aromatic carbocycles. The van der Waals surface area contributed by atoms with E-state index in [1.807, 2.05) is 55.5 Å². The summed E-state index contributed by atoms with van der Waals surface area (Å²) in [6.07, 6.45) is 0.0957. The maximum Gasteiger partial charge on any atom is 0.261 e. The summed E-state index contributed by atoms with van der Waals surface area (Å²) >= 11 is 6.07. The number of hydrogen-bond donors (Lipinski definition) is 1. The van der Waals surface area contributed by atoms with Crippen LogP contribution in [0.5, 0.6) is 5.75 Å². The average Bonchev–Trinajstić information content (AvgIpc) is 2.52. The molecule has 1 atom stereocenters. The molecule has 0 fully saturated rings. The molecule has 1 amide bonds. The minimum Gasteiger partial charge on any atom is -0.481 e. The third kappa shape index (κ3) is 4.50. The standard InChI is InChI=1S/C17H18ClNO2/c1-2-16(21-14-9-4-3-5-10-14)17(20)19-12-13-8-6-7-11-15(13)18/h3-11,16H,2,12H2,1H3,(H,19,20). The van der Waals surface area contributed by atoms with Gasteiger partial charge in [-0.3, -0.25) is 4.79 Å². The molecule has 2 rings (SSSR count). The molecule has 1 N–H and O–H groups in total. The number of benzene rings is 2. The fourth-order valence-corrected chi connectivity index (χ4v) is 2.13. The highest BCUT2D eigenvalue weighted by atomic mass is 35.5. The number of halogens is 1. The summed E-state index contributed by atoms with van der Waals surface area (Å²) in [7, 11) is 0. The molecule has 1 unspecified atom stereocenters. The van der Waals surface area contributed by atoms with E-state index in [1.54, 1.807) is 6.07 Å². The molecule has 0 radical (unpaired) electrons. The smallest absolute Gasteiger partial charge is 0.261 e. The molecule has 0 aromatic heterocycles. The molecule has 21 heavy (non-hydrogen) atoms. The van der Waals surface area contributed by atoms with Crippen molar-refractivity contribution in [3.05, 3.63) is 65.2 Å². The van der Waals surface area contributed by atoms with Crippen LogP contribution in [0.4, 0.5) is 0 Å². The lowest BCUT2D eigenvalue weighted by molar-refractivity contribution is -0.128. The van der Waals surface area contributed by atoms with Crippen LogP contribution in [0.2, 0.25) is 5.02 Å². The molecule has 0 aliphatic rings. The minimum atomic E-state index is -0.505. The third-order valence-electron chi connectivity index (χ3n) is 3.10. The lowest BCUT2D eigenvalue weighted by Crippen LogP contribution is -2.37. The van der Waals surface area contributed by atoms with E-state index in [0.29, 0.717) is 23.7 Å². The number of para-hydroxylation sites is 1. The molecule has 3 nitrogen and oxygen atoms in total. The van der Waals surface area contributed by atoms with Crippen molar-refractivity contribution in [3.63, 3.8) is 0 Å². The molecule has 110 valence electrons. The summed E-state index contributed by atoms with van der Waals surface area (Å²) in [6, 6.07) is 16.8. The predicted octanol–water partition coefficient (Wildman–Crippen LogP) is 3.81. The van der Waals surface area contributed by atoms with Gasteiger partial charge < -0.3 is 10.1 Å². The Bertz CT molecular complexity index is 586. The van der Waals surface area contributed by atoms with E-state index >= 15 is 0 Å². The second-order valence-electron chi connectivity index (χ2n) is 4.64. The van der Waals surface area contributed by atoms with Crippen molar-refractivity contribution >= 4 is 17.5 Å². The summed E-state index contributed by atoms with van der Waals surface area (Å²) < 4.78 is 5.70. The van der Waals surface area contributed by atoms with E-state index in [9.17, 15) is 4.79 Å². The Kier molecular flexibility index (Phi) is 5.64. The number of rotatable bonds is 6. The summed E-state index contributed by atoms with van der Waals surface area (Å²) in [4.78, 5) is 12.2. The molecule has 2 aromatic rings. The van der Waals surface area contributed by atoms with E-state index in [4.69, 9.17) is 16.3 Å². The molecule has 0 saturated heterocycles. The van der Waals surface area contributed by atoms with Crippen molar-refractivity contribution in [2.75, 3.05) is 0 Å². The number of nitrogens with one attached hydrogen (secondary N) is 1. The normalized spacial score (nSPS) is 11.7. The van der Waals surface area contributed by atoms with Crippen LogP contribution >= 0.6 is 11.6 Å². The number of carbonyl (C=O) groups is 1. The van der Waals surface area contributed by atoms with Crippen LogP contribution in [0, 0.1) is 0 Å². The first kappa shape index (κ1) is 15.4. The fraction of sp³-hybridized carbons (Fsp3) is 0.235. The molecule has 0 saturated carbocycles. The topological polar surface area (TPSA) is 38.3 Å². The van der Waals surface area contributed by atoms with Crippen LogP contribution in [-0.2, 0) is 11.3 Å². The van der Waals surface area contributed by atoms with E-state index in [2.05, 4.69) is 5.32 Å². The highest BCUT2D eigenvalue weighted by Crippen LogP contribution is 2.15. The van der Waals surface area contributed by atoms with Gasteiger partial charge in [0.1, 0.15) is 5.75 Å². The molecule has 0 heterocycles. The van der Waals surface area contributed by atoms with Gasteiger partial charge in [0.2, 0.25) is 0 Å². The van der Waals surface area contributed by atoms with Gasteiger partial charge in [-0.2, -0.15) is 0 Å². The van der Waals surface area contributed by atoms with E-state index in [1.165, 1.54) is 0 Å². The minimum absolute atomic E-state index is 0.138. The zero-order valence-electron chi connectivity index (χ0n) is 11.9. The quantitative estimate of drug-likeness (QED) is 0.881. The number of carbonyl (C=O) groups excluding carboxylic acids is 1. The Balaban J connectivity index is 1.93. The second kappa shape index (κ2) is 7.70. The van der Waals surface area contributed by atoms with E-state index in [-0.39, 0.29) is 5.91 Å². The Morgan fingerprint density at radius 3 is 2.48 bits per heavy atom. The maximum absolute atomic E-state index is 12.2. The van der Waals surface area contributed by atoms with Crippen molar-refractivity contribution in [1.82, 2.24) is 5.32 Å². The average molecular weight is 304 g/mol. The monoisotopic (exact) mass is 303 g/mol. The van der Waals surface area contributed by atoms with Crippen LogP contribution in [0.3, 0.4) is 0 Å². The summed E-state index contributed by atoms with van der Waals surface area (Å²) in [6.45, 7) is 2.32. The molecule has 0 aliphatic heterocycles. The van der Waals surface area contributed by atoms with Gasteiger partial charge in [-0.15, -0.1) is 0 Å². The van der Waals surface area contributed by atoms with Crippen LogP contribution in [0.15, 0.2) is 54.6 Å². The zero-order valence-corrected chi connectivity index (χ0v) is 12.6. The van der Waals surface area contributed by atoms with Gasteiger partial charge in [0, 0.05) is 11.6 Å². The second-order valence-corrected chi connectivity index (χ2v) is 5.04. The van der Waals surface area contributed by atoms with Gasteiger partial charge in [0.25, 0.3) is 5.91 Å². The van der Waals surface area contributed by atoms with Crippen LogP contribution in [0.25, 0.3) is 0 Å². The van der Waals surface area contributed by atoms with E-state index < -0.39 is 6.10 Å². The third-order valence-corrected chi connectivity index (χ3v) is 3.46. The number of hydrogen-bond acceptors (Lipinski definition) is 2. The van der Waals surface area contributed by atoms with Crippen molar-refractivity contribution < 1.29 is 9.53 Å². The largest absolute Gasteiger partial charge is 0.481 e. The Morgan fingerprint density at radius 2 is 1.81 bits per heavy atom. The molecular weight excluding hydrogens is 286 g/mol. The van der Waals surface area contributed by atoms with Crippen LogP contribution < -0.4 is 10.1 Å². The molecule has 4 heteroatoms. The first-order valence-corrected chi connectivity index (χ1v) is 7.31. The van der Waals surface area contributed by atoms with E-state index in [0.717, 1.165) is 5.56 Å². The summed E-state index contributed by atoms with van der Waals surface area (Å²) in [5, 5.41) is 3.51. The van der Waals surface area contributed by atoms with Gasteiger partial charge in [0.05, 0.1) is 0 Å². The fourth-order valence-electron chi connectivity index (χ4n) is 1.92. The first-order chi connectivity index (χ1) is 10.2. The highest BCUT2D eigenvalue weighted by Gasteiger charge is 2.18. The Hall–Kier alpha value is -2.00. The number of ether oxygens (including phenoxy) is 1. The summed E-state index contributed by atoms with van der Waals surface area (Å²) in [5.74, 6) is 0.554. The summed E-state index contributed by atoms with van der Waals surface area (Å²) in [5.41, 5.74) is 0.891. The Morgan fingerprint density at radius 1 is 1.14 bits per heavy atom. The zero-order chi connectivity index (χ0) is 15.1. The van der Waals surface area contributed by atoms with Crippen molar-refractivity contribution in [2.45, 2.75) is 26.0 Å². The maximum atomic E-state index is 12.2. The van der Waals surface area contributed by atoms with Crippen LogP contribution in [-0.4, -0.2) is 12.0 Å². The SMILES string of the molecule is CCC(Oc1ccccc1)C(=O)NCc1ccccc1Cl. The van der Waals surface area contributed by atoms with Crippen molar-refractivity contribution in [1.29, 1.82) is 0 Å². The number of amides is 1. The molecule has 0 bridgehead atoms. The first-order valence-electron chi connectivity index (χ1n) is 6.93.